The van der Waals surface area contributed by atoms with Gasteiger partial charge in [0.15, 0.2) is 5.65 Å². The van der Waals surface area contributed by atoms with Crippen molar-refractivity contribution in [1.29, 1.82) is 0 Å². The molecule has 2 aromatic heterocycles. The number of aromatic amines is 2. The van der Waals surface area contributed by atoms with Crippen molar-refractivity contribution in [1.82, 2.24) is 19.5 Å². The number of rotatable bonds is 2. The van der Waals surface area contributed by atoms with E-state index in [-0.39, 0.29) is 11.2 Å². The van der Waals surface area contributed by atoms with Crippen molar-refractivity contribution in [3.63, 3.8) is 0 Å². The minimum absolute atomic E-state index is 0.187. The minimum Gasteiger partial charge on any atom is -0.332 e. The molecule has 2 heterocycles. The van der Waals surface area contributed by atoms with Crippen LogP contribution in [0.3, 0.4) is 0 Å². The number of aryl methyl sites for hydroxylation is 1. The molecule has 2 N–H and O–H groups in total. The Labute approximate surface area is 125 Å². The van der Waals surface area contributed by atoms with E-state index in [0.717, 1.165) is 0 Å². The van der Waals surface area contributed by atoms with Crippen LogP contribution in [0.5, 0.6) is 0 Å². The fourth-order valence-electron chi connectivity index (χ4n) is 2.16. The summed E-state index contributed by atoms with van der Waals surface area (Å²) >= 11 is 3.20. The van der Waals surface area contributed by atoms with Gasteiger partial charge >= 0.3 is 5.69 Å². The van der Waals surface area contributed by atoms with Crippen LogP contribution in [0, 0.1) is 5.82 Å². The molecule has 0 bridgehead atoms. The van der Waals surface area contributed by atoms with Gasteiger partial charge in [-0.1, -0.05) is 15.9 Å². The first-order valence-electron chi connectivity index (χ1n) is 6.19. The standard InChI is InChI=1S/C13H10BrFN4O2/c1-2-19-11-9(12(20)18-13(19)21)16-10(17-11)6-3-7(14)5-8(15)4-6/h3-5H,2H2,1H3,(H,16,17)(H,18,20,21). The Morgan fingerprint density at radius 2 is 2.05 bits per heavy atom. The lowest BCUT2D eigenvalue weighted by molar-refractivity contribution is 0.627. The van der Waals surface area contributed by atoms with Gasteiger partial charge in [-0.25, -0.2) is 14.2 Å². The molecule has 0 radical (unpaired) electrons. The lowest BCUT2D eigenvalue weighted by atomic mass is 10.2. The summed E-state index contributed by atoms with van der Waals surface area (Å²) in [5.74, 6) is -0.106. The normalized spacial score (nSPS) is 11.2. The van der Waals surface area contributed by atoms with E-state index in [4.69, 9.17) is 0 Å². The predicted octanol–water partition coefficient (Wildman–Crippen LogP) is 2.00. The second-order valence-corrected chi connectivity index (χ2v) is 5.36. The summed E-state index contributed by atoms with van der Waals surface area (Å²) < 4.78 is 15.4. The zero-order chi connectivity index (χ0) is 15.1. The van der Waals surface area contributed by atoms with E-state index in [0.29, 0.717) is 22.4 Å². The quantitative estimate of drug-likeness (QED) is 0.739. The highest BCUT2D eigenvalue weighted by atomic mass is 79.9. The van der Waals surface area contributed by atoms with Crippen LogP contribution in [-0.2, 0) is 6.54 Å². The van der Waals surface area contributed by atoms with Gasteiger partial charge in [-0.05, 0) is 25.1 Å². The zero-order valence-corrected chi connectivity index (χ0v) is 12.5. The van der Waals surface area contributed by atoms with Crippen LogP contribution in [0.15, 0.2) is 32.3 Å². The average molecular weight is 353 g/mol. The Balaban J connectivity index is 2.33. The Bertz CT molecular complexity index is 937. The highest BCUT2D eigenvalue weighted by Crippen LogP contribution is 2.23. The molecule has 0 amide bonds. The van der Waals surface area contributed by atoms with Gasteiger partial charge in [0, 0.05) is 16.6 Å². The van der Waals surface area contributed by atoms with Crippen LogP contribution in [0.4, 0.5) is 4.39 Å². The number of hydrogen-bond donors (Lipinski definition) is 2. The fraction of sp³-hybridized carbons (Fsp3) is 0.154. The summed E-state index contributed by atoms with van der Waals surface area (Å²) in [5.41, 5.74) is -0.150. The lowest BCUT2D eigenvalue weighted by Crippen LogP contribution is -2.29. The summed E-state index contributed by atoms with van der Waals surface area (Å²) in [6, 6.07) is 4.29. The third kappa shape index (κ3) is 2.31. The fourth-order valence-corrected chi connectivity index (χ4v) is 2.63. The molecule has 0 aliphatic heterocycles. The minimum atomic E-state index is -0.547. The predicted molar refractivity (Wildman–Crippen MR) is 79.7 cm³/mol. The molecule has 0 saturated carbocycles. The number of H-pyrrole nitrogens is 2. The maximum absolute atomic E-state index is 13.5. The van der Waals surface area contributed by atoms with Crippen LogP contribution in [0.1, 0.15) is 6.92 Å². The number of benzene rings is 1. The largest absolute Gasteiger partial charge is 0.332 e. The number of nitrogens with one attached hydrogen (secondary N) is 2. The van der Waals surface area contributed by atoms with E-state index in [1.165, 1.54) is 16.7 Å². The maximum atomic E-state index is 13.5. The van der Waals surface area contributed by atoms with Crippen LogP contribution in [0.2, 0.25) is 0 Å². The van der Waals surface area contributed by atoms with Crippen molar-refractivity contribution >= 4 is 27.1 Å². The molecule has 0 fully saturated rings. The van der Waals surface area contributed by atoms with Crippen LogP contribution < -0.4 is 11.2 Å². The van der Waals surface area contributed by atoms with Crippen molar-refractivity contribution in [2.45, 2.75) is 13.5 Å². The molecule has 6 nitrogen and oxygen atoms in total. The van der Waals surface area contributed by atoms with Gasteiger partial charge in [0.2, 0.25) is 0 Å². The molecule has 3 rings (SSSR count). The molecule has 8 heteroatoms. The van der Waals surface area contributed by atoms with Crippen molar-refractivity contribution in [2.24, 2.45) is 0 Å². The molecule has 0 aliphatic carbocycles. The topological polar surface area (TPSA) is 83.5 Å². The van der Waals surface area contributed by atoms with Crippen molar-refractivity contribution < 1.29 is 4.39 Å². The van der Waals surface area contributed by atoms with Crippen molar-refractivity contribution in [3.05, 3.63) is 49.3 Å². The number of halogens is 2. The van der Waals surface area contributed by atoms with Gasteiger partial charge in [0.05, 0.1) is 0 Å². The molecule has 0 atom stereocenters. The molecule has 0 spiro atoms. The van der Waals surface area contributed by atoms with E-state index < -0.39 is 17.1 Å². The summed E-state index contributed by atoms with van der Waals surface area (Å²) in [4.78, 5) is 32.9. The zero-order valence-electron chi connectivity index (χ0n) is 10.9. The molecule has 0 saturated heterocycles. The van der Waals surface area contributed by atoms with Crippen LogP contribution in [0.25, 0.3) is 22.6 Å². The maximum Gasteiger partial charge on any atom is 0.330 e. The smallest absolute Gasteiger partial charge is 0.330 e. The monoisotopic (exact) mass is 352 g/mol. The summed E-state index contributed by atoms with van der Waals surface area (Å²) in [6.45, 7) is 2.13. The van der Waals surface area contributed by atoms with Gasteiger partial charge in [-0.15, -0.1) is 0 Å². The molecule has 0 aliphatic rings. The summed E-state index contributed by atoms with van der Waals surface area (Å²) in [7, 11) is 0. The van der Waals surface area contributed by atoms with Crippen molar-refractivity contribution in [3.8, 4) is 11.4 Å². The molecule has 1 aromatic carbocycles. The van der Waals surface area contributed by atoms with Crippen molar-refractivity contribution in [2.75, 3.05) is 0 Å². The average Bonchev–Trinajstić information content (AvgIpc) is 2.83. The van der Waals surface area contributed by atoms with Gasteiger partial charge < -0.3 is 4.98 Å². The Hall–Kier alpha value is -2.22. The third-order valence-electron chi connectivity index (χ3n) is 3.09. The first kappa shape index (κ1) is 13.7. The summed E-state index contributed by atoms with van der Waals surface area (Å²) in [6.07, 6.45) is 0. The Kier molecular flexibility index (Phi) is 3.25. The van der Waals surface area contributed by atoms with Gasteiger partial charge in [-0.3, -0.25) is 14.3 Å². The number of nitrogens with zero attached hydrogens (tertiary/aromatic N) is 2. The molecule has 0 unspecified atom stereocenters. The molecule has 108 valence electrons. The second-order valence-electron chi connectivity index (χ2n) is 4.45. The molecular weight excluding hydrogens is 343 g/mol. The van der Waals surface area contributed by atoms with Gasteiger partial charge in [0.25, 0.3) is 5.56 Å². The van der Waals surface area contributed by atoms with E-state index in [1.54, 1.807) is 13.0 Å². The lowest BCUT2D eigenvalue weighted by Gasteiger charge is -2.00. The molecule has 3 aromatic rings. The second kappa shape index (κ2) is 4.96. The number of aromatic nitrogens is 4. The SMILES string of the molecule is CCn1c(=O)[nH]c(=O)c2[nH]c(-c3cc(F)cc(Br)c3)nc21. The number of imidazole rings is 1. The highest BCUT2D eigenvalue weighted by Gasteiger charge is 2.13. The Morgan fingerprint density at radius 1 is 1.29 bits per heavy atom. The van der Waals surface area contributed by atoms with Crippen LogP contribution >= 0.6 is 15.9 Å². The third-order valence-corrected chi connectivity index (χ3v) is 3.54. The first-order chi connectivity index (χ1) is 9.99. The van der Waals surface area contributed by atoms with Gasteiger partial charge in [0.1, 0.15) is 17.2 Å². The Morgan fingerprint density at radius 3 is 2.71 bits per heavy atom. The van der Waals surface area contributed by atoms with Gasteiger partial charge in [-0.2, -0.15) is 0 Å². The van der Waals surface area contributed by atoms with E-state index in [2.05, 4.69) is 30.9 Å². The van der Waals surface area contributed by atoms with E-state index >= 15 is 0 Å². The van der Waals surface area contributed by atoms with E-state index in [9.17, 15) is 14.0 Å². The molecular formula is C13H10BrFN4O2. The van der Waals surface area contributed by atoms with Crippen LogP contribution in [-0.4, -0.2) is 19.5 Å². The highest BCUT2D eigenvalue weighted by molar-refractivity contribution is 9.10. The first-order valence-corrected chi connectivity index (χ1v) is 6.98. The number of fused-ring (bicyclic) bond motifs is 1. The van der Waals surface area contributed by atoms with E-state index in [1.807, 2.05) is 0 Å². The number of hydrogen-bond acceptors (Lipinski definition) is 3. The molecule has 21 heavy (non-hydrogen) atoms. The summed E-state index contributed by atoms with van der Waals surface area (Å²) in [5, 5.41) is 0.